The molecule has 1 saturated heterocycles. The lowest BCUT2D eigenvalue weighted by atomic mass is 9.77. The molecule has 59 heavy (non-hydrogen) atoms. The number of nitrogens with zero attached hydrogens (tertiary/aromatic N) is 5. The second kappa shape index (κ2) is 18.0. The number of oxime groups is 1. The van der Waals surface area contributed by atoms with Gasteiger partial charge in [0.25, 0.3) is 0 Å². The number of hydrogen-bond donors (Lipinski definition) is 3. The Bertz CT molecular complexity index is 2160. The zero-order valence-corrected chi connectivity index (χ0v) is 34.3. The number of amides is 1. The van der Waals surface area contributed by atoms with Crippen LogP contribution in [0.4, 0.5) is 9.93 Å². The summed E-state index contributed by atoms with van der Waals surface area (Å²) in [7, 11) is 0. The van der Waals surface area contributed by atoms with Gasteiger partial charge in [-0.05, 0) is 67.1 Å². The Morgan fingerprint density at radius 3 is 1.97 bits per heavy atom. The Labute approximate surface area is 348 Å². The van der Waals surface area contributed by atoms with Crippen molar-refractivity contribution >= 4 is 40.2 Å². The van der Waals surface area contributed by atoms with Crippen molar-refractivity contribution in [1.82, 2.24) is 19.7 Å². The molecule has 5 aromatic rings. The zero-order valence-electron chi connectivity index (χ0n) is 33.5. The first-order valence-electron chi connectivity index (χ1n) is 19.6. The molecule has 0 atom stereocenters. The van der Waals surface area contributed by atoms with Crippen molar-refractivity contribution < 1.29 is 29.0 Å². The van der Waals surface area contributed by atoms with E-state index in [2.05, 4.69) is 56.8 Å². The average Bonchev–Trinajstić information content (AvgIpc) is 3.71. The molecule has 1 aromatic heterocycles. The average molecular weight is 816 g/mol. The quantitative estimate of drug-likeness (QED) is 0.0385. The number of thiazole rings is 1. The van der Waals surface area contributed by atoms with E-state index in [0.29, 0.717) is 56.1 Å². The van der Waals surface area contributed by atoms with Gasteiger partial charge in [-0.1, -0.05) is 102 Å². The zero-order chi connectivity index (χ0) is 41.4. The number of carboxylic acids is 1. The highest BCUT2D eigenvalue weighted by Gasteiger charge is 2.37. The van der Waals surface area contributed by atoms with Crippen LogP contribution in [-0.4, -0.2) is 100 Å². The summed E-state index contributed by atoms with van der Waals surface area (Å²) in [5.74, 6) is -0.128. The number of fused-ring (bicyclic) bond motifs is 1. The summed E-state index contributed by atoms with van der Waals surface area (Å²) in [6.07, 6.45) is 0.439. The van der Waals surface area contributed by atoms with E-state index in [1.807, 2.05) is 98.5 Å². The fourth-order valence-corrected chi connectivity index (χ4v) is 8.06. The third-order valence-corrected chi connectivity index (χ3v) is 10.9. The molecule has 0 radical (unpaired) electrons. The highest BCUT2D eigenvalue weighted by molar-refractivity contribution is 7.14. The number of anilines is 1. The number of nitrogens with one attached hydrogen (secondary N) is 2. The van der Waals surface area contributed by atoms with Crippen LogP contribution >= 0.6 is 11.3 Å². The Hall–Kier alpha value is -6.41. The molecule has 306 valence electrons. The van der Waals surface area contributed by atoms with Crippen LogP contribution in [-0.2, 0) is 32.9 Å². The van der Waals surface area contributed by atoms with Crippen LogP contribution in [0.1, 0.15) is 54.3 Å². The number of guanidine groups is 1. The largest absolute Gasteiger partial charge is 0.490 e. The van der Waals surface area contributed by atoms with Crippen molar-refractivity contribution in [2.24, 2.45) is 5.16 Å². The third kappa shape index (κ3) is 9.66. The molecule has 3 heterocycles. The van der Waals surface area contributed by atoms with Crippen LogP contribution in [0.25, 0.3) is 0 Å². The van der Waals surface area contributed by atoms with Gasteiger partial charge in [-0.3, -0.25) is 5.41 Å². The molecule has 0 aliphatic carbocycles. The molecule has 2 aliphatic heterocycles. The molecule has 0 unspecified atom stereocenters. The predicted octanol–water partition coefficient (Wildman–Crippen LogP) is 7.28. The van der Waals surface area contributed by atoms with Crippen LogP contribution in [0, 0.1) is 5.41 Å². The second-order valence-corrected chi connectivity index (χ2v) is 16.2. The monoisotopic (exact) mass is 815 g/mol. The van der Waals surface area contributed by atoms with Gasteiger partial charge in [-0.15, -0.1) is 11.3 Å². The molecular weight excluding hydrogens is 767 g/mol. The Morgan fingerprint density at radius 1 is 0.797 bits per heavy atom. The first kappa shape index (κ1) is 40.8. The smallest absolute Gasteiger partial charge is 0.410 e. The first-order valence-corrected chi connectivity index (χ1v) is 20.5. The summed E-state index contributed by atoms with van der Waals surface area (Å²) >= 11 is 1.29. The highest BCUT2D eigenvalue weighted by atomic mass is 32.1. The second-order valence-electron chi connectivity index (χ2n) is 15.3. The minimum Gasteiger partial charge on any atom is -0.490 e. The topological polar surface area (TPSA) is 153 Å². The Kier molecular flexibility index (Phi) is 12.5. The number of aliphatic carboxylic acids is 1. The SMILES string of the molecule is CC(C)(C)OC(=O)N1CCN(C(=N)N2CCc3cc(OCCO/N=C(\C(=O)O)c4csc(NC(c5ccccc5)(c5ccccc5)c5ccccc5)n4)ccc3C2)CC1. The van der Waals surface area contributed by atoms with Gasteiger partial charge in [0.2, 0.25) is 5.71 Å². The summed E-state index contributed by atoms with van der Waals surface area (Å²) in [6.45, 7) is 9.23. The van der Waals surface area contributed by atoms with Crippen molar-refractivity contribution in [3.8, 4) is 5.75 Å². The number of carbonyl (C=O) groups excluding carboxylic acids is 1. The third-order valence-electron chi connectivity index (χ3n) is 10.2. The van der Waals surface area contributed by atoms with Crippen LogP contribution in [0.15, 0.2) is 120 Å². The van der Waals surface area contributed by atoms with E-state index in [1.54, 1.807) is 10.3 Å². The minimum atomic E-state index is -1.26. The molecule has 1 fully saturated rings. The molecule has 0 saturated carbocycles. The summed E-state index contributed by atoms with van der Waals surface area (Å²) in [6, 6.07) is 36.2. The lowest BCUT2D eigenvalue weighted by Crippen LogP contribution is -2.55. The maximum absolute atomic E-state index is 12.5. The van der Waals surface area contributed by atoms with Crippen LogP contribution in [0.5, 0.6) is 5.75 Å². The van der Waals surface area contributed by atoms with Crippen molar-refractivity contribution in [2.75, 3.05) is 51.3 Å². The number of carbonyl (C=O) groups is 2. The van der Waals surface area contributed by atoms with E-state index in [1.165, 1.54) is 11.3 Å². The molecule has 14 heteroatoms. The molecule has 7 rings (SSSR count). The molecule has 1 amide bonds. The van der Waals surface area contributed by atoms with Crippen LogP contribution in [0.2, 0.25) is 0 Å². The van der Waals surface area contributed by atoms with Gasteiger partial charge in [0.05, 0.1) is 0 Å². The molecular formula is C45H49N7O6S. The number of aromatic nitrogens is 1. The fourth-order valence-electron chi connectivity index (χ4n) is 7.31. The fraction of sp³-hybridized carbons (Fsp3) is 0.311. The van der Waals surface area contributed by atoms with Gasteiger partial charge >= 0.3 is 12.1 Å². The van der Waals surface area contributed by atoms with Crippen molar-refractivity contribution in [2.45, 2.75) is 44.9 Å². The van der Waals surface area contributed by atoms with Gasteiger partial charge in [-0.2, -0.15) is 0 Å². The van der Waals surface area contributed by atoms with Gasteiger partial charge in [0.1, 0.15) is 29.2 Å². The van der Waals surface area contributed by atoms with Gasteiger partial charge in [0, 0.05) is 44.6 Å². The lowest BCUT2D eigenvalue weighted by molar-refractivity contribution is -0.129. The normalized spacial score (nSPS) is 14.6. The van der Waals surface area contributed by atoms with E-state index >= 15 is 0 Å². The van der Waals surface area contributed by atoms with E-state index in [9.17, 15) is 14.7 Å². The van der Waals surface area contributed by atoms with Crippen LogP contribution in [0.3, 0.4) is 0 Å². The van der Waals surface area contributed by atoms with Gasteiger partial charge in [0.15, 0.2) is 17.7 Å². The highest BCUT2D eigenvalue weighted by Crippen LogP contribution is 2.40. The van der Waals surface area contributed by atoms with Crippen molar-refractivity contribution in [1.29, 1.82) is 5.41 Å². The van der Waals surface area contributed by atoms with Crippen molar-refractivity contribution in [3.63, 3.8) is 0 Å². The number of rotatable bonds is 12. The summed E-state index contributed by atoms with van der Waals surface area (Å²) < 4.78 is 11.5. The molecule has 13 nitrogen and oxygen atoms in total. The molecule has 3 N–H and O–H groups in total. The predicted molar refractivity (Wildman–Crippen MR) is 228 cm³/mol. The van der Waals surface area contributed by atoms with E-state index < -0.39 is 17.1 Å². The summed E-state index contributed by atoms with van der Waals surface area (Å²) in [4.78, 5) is 40.8. The molecule has 0 bridgehead atoms. The number of carboxylic acid groups (broad SMARTS) is 1. The maximum Gasteiger partial charge on any atom is 0.410 e. The van der Waals surface area contributed by atoms with E-state index in [4.69, 9.17) is 19.7 Å². The molecule has 4 aromatic carbocycles. The van der Waals surface area contributed by atoms with Gasteiger partial charge < -0.3 is 39.4 Å². The Balaban J connectivity index is 0.945. The standard InChI is InChI=1S/C45H49N7O6S/c1-44(2,3)58-43(55)51-25-23-50(24-26-51)41(46)52-22-21-32-29-37(20-19-33(32)30-52)56-27-28-57-49-39(40(53)54)38-31-59-42(47-38)48-45(34-13-7-4-8-14-34,35-15-9-5-10-16-35)36-17-11-6-12-18-36/h4-20,29,31,46H,21-28,30H2,1-3H3,(H,47,48)(H,53,54)/b46-41?,49-39-. The van der Waals surface area contributed by atoms with Crippen LogP contribution < -0.4 is 10.1 Å². The molecule has 2 aliphatic rings. The minimum absolute atomic E-state index is 0.0222. The number of benzene rings is 4. The number of ether oxygens (including phenoxy) is 2. The van der Waals surface area contributed by atoms with Crippen molar-refractivity contribution in [3.05, 3.63) is 148 Å². The maximum atomic E-state index is 12.5. The van der Waals surface area contributed by atoms with E-state index in [-0.39, 0.29) is 30.7 Å². The van der Waals surface area contributed by atoms with Gasteiger partial charge in [-0.25, -0.2) is 14.6 Å². The summed E-state index contributed by atoms with van der Waals surface area (Å²) in [5.41, 5.74) is 3.75. The van der Waals surface area contributed by atoms with E-state index in [0.717, 1.165) is 34.2 Å². The number of hydrogen-bond acceptors (Lipinski definition) is 10. The summed E-state index contributed by atoms with van der Waals surface area (Å²) in [5, 5.41) is 28.8. The Morgan fingerprint density at radius 2 is 1.39 bits per heavy atom. The number of piperazine rings is 1. The molecule has 0 spiro atoms. The lowest BCUT2D eigenvalue weighted by Gasteiger charge is -2.41. The first-order chi connectivity index (χ1) is 28.5.